The number of benzene rings is 3. The van der Waals surface area contributed by atoms with E-state index in [9.17, 15) is 9.59 Å². The third kappa shape index (κ3) is 5.94. The largest absolute Gasteiger partial charge is 0.479 e. The molecule has 31 heavy (non-hydrogen) atoms. The lowest BCUT2D eigenvalue weighted by Gasteiger charge is -2.21. The number of amides is 1. The lowest BCUT2D eigenvalue weighted by Crippen LogP contribution is -2.32. The number of nitrogens with zero attached hydrogens (tertiary/aromatic N) is 1. The number of nitriles is 1. The van der Waals surface area contributed by atoms with Crippen molar-refractivity contribution in [3.8, 4) is 11.8 Å². The number of carbonyl (C=O) groups is 2. The highest BCUT2D eigenvalue weighted by Gasteiger charge is 2.28. The third-order valence-corrected chi connectivity index (χ3v) is 4.52. The van der Waals surface area contributed by atoms with Crippen LogP contribution in [0, 0.1) is 18.3 Å². The van der Waals surface area contributed by atoms with Crippen LogP contribution in [0.1, 0.15) is 29.7 Å². The predicted octanol–water partition coefficient (Wildman–Crippen LogP) is 4.56. The van der Waals surface area contributed by atoms with E-state index in [1.165, 1.54) is 0 Å². The Morgan fingerprint density at radius 3 is 2.19 bits per heavy atom. The van der Waals surface area contributed by atoms with Gasteiger partial charge in [-0.05, 0) is 50.2 Å². The number of hydrogen-bond donors (Lipinski definition) is 1. The van der Waals surface area contributed by atoms with Gasteiger partial charge >= 0.3 is 5.97 Å². The Bertz CT molecular complexity index is 1070. The van der Waals surface area contributed by atoms with Crippen molar-refractivity contribution < 1.29 is 19.1 Å². The second-order valence-electron chi connectivity index (χ2n) is 6.98. The molecule has 1 N–H and O–H groups in total. The lowest BCUT2D eigenvalue weighted by molar-refractivity contribution is -0.161. The number of hydrogen-bond acceptors (Lipinski definition) is 5. The molecule has 0 aromatic heterocycles. The molecule has 156 valence electrons. The molecule has 3 aromatic carbocycles. The minimum Gasteiger partial charge on any atom is -0.479 e. The van der Waals surface area contributed by atoms with Gasteiger partial charge in [0.05, 0.1) is 11.6 Å². The van der Waals surface area contributed by atoms with Crippen LogP contribution >= 0.6 is 0 Å². The van der Waals surface area contributed by atoms with Gasteiger partial charge in [-0.2, -0.15) is 5.26 Å². The van der Waals surface area contributed by atoms with Crippen LogP contribution in [0.4, 0.5) is 5.69 Å². The quantitative estimate of drug-likeness (QED) is 0.573. The third-order valence-electron chi connectivity index (χ3n) is 4.52. The summed E-state index contributed by atoms with van der Waals surface area (Å²) in [6.07, 6.45) is -2.09. The minimum absolute atomic E-state index is 0.420. The van der Waals surface area contributed by atoms with Gasteiger partial charge in [0.1, 0.15) is 5.75 Å². The maximum absolute atomic E-state index is 12.9. The molecule has 0 heterocycles. The van der Waals surface area contributed by atoms with Crippen LogP contribution in [0.15, 0.2) is 78.9 Å². The number of ether oxygens (including phenoxy) is 2. The summed E-state index contributed by atoms with van der Waals surface area (Å²) in [7, 11) is 0. The summed E-state index contributed by atoms with van der Waals surface area (Å²) in [5.74, 6) is -0.727. The summed E-state index contributed by atoms with van der Waals surface area (Å²) in [6, 6.07) is 24.5. The van der Waals surface area contributed by atoms with Crippen LogP contribution in [0.3, 0.4) is 0 Å². The van der Waals surface area contributed by atoms with E-state index in [4.69, 9.17) is 14.7 Å². The van der Waals surface area contributed by atoms with Crippen molar-refractivity contribution >= 4 is 17.6 Å². The van der Waals surface area contributed by atoms with E-state index in [0.717, 1.165) is 5.56 Å². The Morgan fingerprint density at radius 1 is 0.935 bits per heavy atom. The second kappa shape index (κ2) is 10.1. The molecule has 2 atom stereocenters. The smallest absolute Gasteiger partial charge is 0.348 e. The van der Waals surface area contributed by atoms with Gasteiger partial charge in [0.15, 0.2) is 6.10 Å². The van der Waals surface area contributed by atoms with E-state index in [2.05, 4.69) is 5.32 Å². The van der Waals surface area contributed by atoms with Crippen molar-refractivity contribution in [2.24, 2.45) is 0 Å². The molecule has 0 aliphatic rings. The average Bonchev–Trinajstić information content (AvgIpc) is 2.79. The first-order valence-corrected chi connectivity index (χ1v) is 9.76. The van der Waals surface area contributed by atoms with E-state index < -0.39 is 24.1 Å². The number of aryl methyl sites for hydroxylation is 1. The zero-order valence-corrected chi connectivity index (χ0v) is 17.2. The molecule has 0 spiro atoms. The fourth-order valence-electron chi connectivity index (χ4n) is 2.82. The number of esters is 1. The Morgan fingerprint density at radius 2 is 1.58 bits per heavy atom. The van der Waals surface area contributed by atoms with Crippen LogP contribution < -0.4 is 10.1 Å². The molecule has 6 heteroatoms. The van der Waals surface area contributed by atoms with Crippen molar-refractivity contribution in [1.29, 1.82) is 5.26 Å². The van der Waals surface area contributed by atoms with Gasteiger partial charge in [-0.15, -0.1) is 0 Å². The second-order valence-corrected chi connectivity index (χ2v) is 6.98. The summed E-state index contributed by atoms with van der Waals surface area (Å²) in [4.78, 5) is 25.6. The Balaban J connectivity index is 1.72. The van der Waals surface area contributed by atoms with Gasteiger partial charge in [0.2, 0.25) is 6.10 Å². The fourth-order valence-corrected chi connectivity index (χ4v) is 2.82. The molecule has 0 saturated carbocycles. The first-order chi connectivity index (χ1) is 15.0. The Labute approximate surface area is 181 Å². The highest BCUT2D eigenvalue weighted by Crippen LogP contribution is 2.22. The maximum atomic E-state index is 12.9. The molecule has 0 unspecified atom stereocenters. The molecule has 0 radical (unpaired) electrons. The zero-order chi connectivity index (χ0) is 22.2. The number of rotatable bonds is 7. The number of carbonyl (C=O) groups excluding carboxylic acids is 2. The van der Waals surface area contributed by atoms with Crippen LogP contribution in [0.5, 0.6) is 5.75 Å². The summed E-state index contributed by atoms with van der Waals surface area (Å²) in [5.41, 5.74) is 2.71. The molecule has 3 rings (SSSR count). The lowest BCUT2D eigenvalue weighted by atomic mass is 10.1. The monoisotopic (exact) mass is 414 g/mol. The SMILES string of the molecule is Cc1ccc(NC(=O)[C@H](OC(=O)[C@@H](C)Oc2ccc(C#N)cc2)c2ccccc2)cc1. The topological polar surface area (TPSA) is 88.4 Å². The van der Waals surface area contributed by atoms with Gasteiger partial charge < -0.3 is 14.8 Å². The Hall–Kier alpha value is -4.11. The number of anilines is 1. The summed E-state index contributed by atoms with van der Waals surface area (Å²) in [5, 5.41) is 11.7. The van der Waals surface area contributed by atoms with E-state index in [1.54, 1.807) is 67.6 Å². The molecule has 6 nitrogen and oxygen atoms in total. The highest BCUT2D eigenvalue weighted by molar-refractivity contribution is 5.96. The van der Waals surface area contributed by atoms with Crippen LogP contribution in [0.2, 0.25) is 0 Å². The first kappa shape index (κ1) is 21.6. The van der Waals surface area contributed by atoms with Gasteiger partial charge in [-0.1, -0.05) is 48.0 Å². The van der Waals surface area contributed by atoms with Gasteiger partial charge in [-0.25, -0.2) is 4.79 Å². The van der Waals surface area contributed by atoms with Crippen molar-refractivity contribution in [1.82, 2.24) is 0 Å². The zero-order valence-electron chi connectivity index (χ0n) is 17.2. The number of nitrogens with one attached hydrogen (secondary N) is 1. The maximum Gasteiger partial charge on any atom is 0.348 e. The molecule has 0 aliphatic carbocycles. The van der Waals surface area contributed by atoms with Crippen molar-refractivity contribution in [2.45, 2.75) is 26.1 Å². The summed E-state index contributed by atoms with van der Waals surface area (Å²) in [6.45, 7) is 3.50. The highest BCUT2D eigenvalue weighted by atomic mass is 16.6. The van der Waals surface area contributed by atoms with Gasteiger partial charge in [0, 0.05) is 11.3 Å². The van der Waals surface area contributed by atoms with Crippen LogP contribution in [-0.4, -0.2) is 18.0 Å². The summed E-state index contributed by atoms with van der Waals surface area (Å²) < 4.78 is 11.2. The standard InChI is InChI=1S/C25H22N2O4/c1-17-8-12-21(13-9-17)27-24(28)23(20-6-4-3-5-7-20)31-25(29)18(2)30-22-14-10-19(16-26)11-15-22/h3-15,18,23H,1-2H3,(H,27,28)/t18-,23-/m1/s1. The van der Waals surface area contributed by atoms with Crippen LogP contribution in [-0.2, 0) is 14.3 Å². The van der Waals surface area contributed by atoms with Gasteiger partial charge in [-0.3, -0.25) is 4.79 Å². The molecule has 0 fully saturated rings. The first-order valence-electron chi connectivity index (χ1n) is 9.76. The normalized spacial score (nSPS) is 12.2. The predicted molar refractivity (Wildman–Crippen MR) is 116 cm³/mol. The van der Waals surface area contributed by atoms with Crippen molar-refractivity contribution in [3.05, 3.63) is 95.6 Å². The van der Waals surface area contributed by atoms with E-state index in [0.29, 0.717) is 22.6 Å². The van der Waals surface area contributed by atoms with Gasteiger partial charge in [0.25, 0.3) is 5.91 Å². The molecule has 0 saturated heterocycles. The molecular weight excluding hydrogens is 392 g/mol. The molecular formula is C25H22N2O4. The molecule has 3 aromatic rings. The van der Waals surface area contributed by atoms with Crippen molar-refractivity contribution in [2.75, 3.05) is 5.32 Å². The van der Waals surface area contributed by atoms with E-state index >= 15 is 0 Å². The van der Waals surface area contributed by atoms with Crippen molar-refractivity contribution in [3.63, 3.8) is 0 Å². The molecule has 0 aliphatic heterocycles. The van der Waals surface area contributed by atoms with Crippen LogP contribution in [0.25, 0.3) is 0 Å². The molecule has 1 amide bonds. The molecule has 0 bridgehead atoms. The minimum atomic E-state index is -1.14. The average molecular weight is 414 g/mol. The summed E-state index contributed by atoms with van der Waals surface area (Å²) >= 11 is 0. The Kier molecular flexibility index (Phi) is 7.02. The van der Waals surface area contributed by atoms with E-state index in [-0.39, 0.29) is 0 Å². The fraction of sp³-hybridized carbons (Fsp3) is 0.160. The van der Waals surface area contributed by atoms with E-state index in [1.807, 2.05) is 31.2 Å².